The molecule has 0 radical (unpaired) electrons. The fourth-order valence-electron chi connectivity index (χ4n) is 2.85. The highest BCUT2D eigenvalue weighted by Gasteiger charge is 2.18. The predicted octanol–water partition coefficient (Wildman–Crippen LogP) is 4.40. The largest absolute Gasteiger partial charge is 0.493 e. The second-order valence-electron chi connectivity index (χ2n) is 6.48. The molecule has 3 aromatic rings. The molecule has 0 spiro atoms. The molecule has 0 aliphatic heterocycles. The minimum absolute atomic E-state index is 0.282. The summed E-state index contributed by atoms with van der Waals surface area (Å²) >= 11 is 0. The summed E-state index contributed by atoms with van der Waals surface area (Å²) in [5.41, 5.74) is 2.13. The first kappa shape index (κ1) is 21.7. The van der Waals surface area contributed by atoms with Crippen LogP contribution >= 0.6 is 0 Å². The molecule has 0 N–H and O–H groups in total. The maximum atomic E-state index is 12.6. The van der Waals surface area contributed by atoms with Gasteiger partial charge in [-0.1, -0.05) is 18.2 Å². The third-order valence-corrected chi connectivity index (χ3v) is 4.50. The lowest BCUT2D eigenvalue weighted by molar-refractivity contribution is 0.0734. The number of ether oxygens (including phenoxy) is 4. The summed E-state index contributed by atoms with van der Waals surface area (Å²) in [7, 11) is 6.35. The number of hydrogen-bond acceptors (Lipinski definition) is 7. The van der Waals surface area contributed by atoms with Gasteiger partial charge in [-0.2, -0.15) is 5.10 Å². The smallest absolute Gasteiger partial charge is 0.343 e. The van der Waals surface area contributed by atoms with E-state index in [1.165, 1.54) is 21.3 Å². The summed E-state index contributed by atoms with van der Waals surface area (Å²) in [5.74, 6) is 1.04. The van der Waals surface area contributed by atoms with Crippen LogP contribution in [0.25, 0.3) is 0 Å². The van der Waals surface area contributed by atoms with Crippen molar-refractivity contribution in [3.63, 3.8) is 0 Å². The Balaban J connectivity index is 1.70. The summed E-state index contributed by atoms with van der Waals surface area (Å²) in [6, 6.07) is 20.0. The van der Waals surface area contributed by atoms with Crippen molar-refractivity contribution in [3.05, 3.63) is 77.9 Å². The van der Waals surface area contributed by atoms with Crippen molar-refractivity contribution in [1.29, 1.82) is 0 Å². The average molecular weight is 420 g/mol. The fraction of sp³-hybridized carbons (Fsp3) is 0.167. The third kappa shape index (κ3) is 5.33. The maximum Gasteiger partial charge on any atom is 0.343 e. The lowest BCUT2D eigenvalue weighted by Crippen LogP contribution is -2.10. The Morgan fingerprint density at radius 2 is 1.48 bits per heavy atom. The van der Waals surface area contributed by atoms with E-state index in [0.29, 0.717) is 23.0 Å². The molecule has 7 nitrogen and oxygen atoms in total. The molecule has 3 aromatic carbocycles. The quantitative estimate of drug-likeness (QED) is 0.233. The van der Waals surface area contributed by atoms with Crippen LogP contribution in [0.2, 0.25) is 0 Å². The number of carbonyl (C=O) groups is 1. The fourth-order valence-corrected chi connectivity index (χ4v) is 2.85. The van der Waals surface area contributed by atoms with Crippen LogP contribution in [0.4, 0.5) is 5.69 Å². The highest BCUT2D eigenvalue weighted by molar-refractivity contribution is 5.93. The molecule has 0 aliphatic carbocycles. The number of carbonyl (C=O) groups excluding carboxylic acids is 1. The average Bonchev–Trinajstić information content (AvgIpc) is 2.82. The zero-order chi connectivity index (χ0) is 22.2. The monoisotopic (exact) mass is 420 g/mol. The molecule has 0 saturated carbocycles. The Labute approximate surface area is 181 Å². The number of hydrazone groups is 1. The summed E-state index contributed by atoms with van der Waals surface area (Å²) in [6.07, 6.45) is 1.73. The van der Waals surface area contributed by atoms with Crippen molar-refractivity contribution in [2.45, 2.75) is 0 Å². The number of hydrogen-bond donors (Lipinski definition) is 0. The van der Waals surface area contributed by atoms with Gasteiger partial charge in [0.1, 0.15) is 5.75 Å². The van der Waals surface area contributed by atoms with Crippen LogP contribution in [0.1, 0.15) is 15.9 Å². The molecule has 0 atom stereocenters. The number of nitrogens with zero attached hydrogens (tertiary/aromatic N) is 2. The van der Waals surface area contributed by atoms with E-state index in [2.05, 4.69) is 5.10 Å². The first-order valence-electron chi connectivity index (χ1n) is 9.50. The van der Waals surface area contributed by atoms with Crippen LogP contribution in [-0.2, 0) is 0 Å². The molecule has 0 heterocycles. The van der Waals surface area contributed by atoms with Gasteiger partial charge >= 0.3 is 5.97 Å². The van der Waals surface area contributed by atoms with Gasteiger partial charge in [-0.3, -0.25) is 5.01 Å². The zero-order valence-electron chi connectivity index (χ0n) is 17.9. The highest BCUT2D eigenvalue weighted by atomic mass is 16.5. The van der Waals surface area contributed by atoms with E-state index in [9.17, 15) is 4.79 Å². The number of methoxy groups -OCH3 is 3. The Morgan fingerprint density at radius 1 is 0.871 bits per heavy atom. The van der Waals surface area contributed by atoms with E-state index in [0.717, 1.165) is 11.3 Å². The van der Waals surface area contributed by atoms with E-state index < -0.39 is 5.97 Å². The first-order valence-corrected chi connectivity index (χ1v) is 9.50. The molecule has 31 heavy (non-hydrogen) atoms. The molecule has 3 rings (SSSR count). The van der Waals surface area contributed by atoms with Crippen molar-refractivity contribution in [1.82, 2.24) is 0 Å². The Hall–Kier alpha value is -4.00. The van der Waals surface area contributed by atoms with Crippen LogP contribution in [0.3, 0.4) is 0 Å². The maximum absolute atomic E-state index is 12.6. The van der Waals surface area contributed by atoms with Gasteiger partial charge in [0.25, 0.3) is 0 Å². The molecule has 0 amide bonds. The highest BCUT2D eigenvalue weighted by Crippen LogP contribution is 2.38. The molecule has 7 heteroatoms. The summed E-state index contributed by atoms with van der Waals surface area (Å²) in [6.45, 7) is 0. The van der Waals surface area contributed by atoms with E-state index in [1.54, 1.807) is 35.5 Å². The SMILES string of the molecule is COc1cc(C(=O)Oc2ccc(/C=N\N(C)c3ccccc3)cc2)cc(OC)c1OC. The van der Waals surface area contributed by atoms with Gasteiger partial charge in [0, 0.05) is 7.05 Å². The number of rotatable bonds is 8. The second-order valence-corrected chi connectivity index (χ2v) is 6.48. The van der Waals surface area contributed by atoms with Crippen LogP contribution in [0, 0.1) is 0 Å². The molecule has 0 bridgehead atoms. The molecule has 0 fully saturated rings. The van der Waals surface area contributed by atoms with Crippen molar-refractivity contribution in [3.8, 4) is 23.0 Å². The van der Waals surface area contributed by atoms with Gasteiger partial charge in [-0.05, 0) is 54.1 Å². The zero-order valence-corrected chi connectivity index (χ0v) is 17.9. The molecular weight excluding hydrogens is 396 g/mol. The van der Waals surface area contributed by atoms with E-state index in [-0.39, 0.29) is 5.56 Å². The lowest BCUT2D eigenvalue weighted by Gasteiger charge is -2.14. The minimum atomic E-state index is -0.538. The van der Waals surface area contributed by atoms with Gasteiger partial charge in [0.15, 0.2) is 11.5 Å². The number of benzene rings is 3. The van der Waals surface area contributed by atoms with Crippen LogP contribution in [0.15, 0.2) is 71.8 Å². The predicted molar refractivity (Wildman–Crippen MR) is 120 cm³/mol. The van der Waals surface area contributed by atoms with Crippen LogP contribution < -0.4 is 24.0 Å². The minimum Gasteiger partial charge on any atom is -0.493 e. The van der Waals surface area contributed by atoms with Crippen molar-refractivity contribution < 1.29 is 23.7 Å². The second kappa shape index (κ2) is 10.2. The molecular formula is C24H24N2O5. The summed E-state index contributed by atoms with van der Waals surface area (Å²) in [4.78, 5) is 12.6. The van der Waals surface area contributed by atoms with Gasteiger partial charge in [-0.25, -0.2) is 4.79 Å². The van der Waals surface area contributed by atoms with Crippen LogP contribution in [-0.4, -0.2) is 40.6 Å². The number of esters is 1. The Morgan fingerprint density at radius 3 is 2.03 bits per heavy atom. The summed E-state index contributed by atoms with van der Waals surface area (Å²) in [5, 5.41) is 6.19. The standard InChI is InChI=1S/C24H24N2O5/c1-26(19-8-6-5-7-9-19)25-16-17-10-12-20(13-11-17)31-24(27)18-14-21(28-2)23(30-4)22(15-18)29-3/h5-16H,1-4H3/b25-16-. The van der Waals surface area contributed by atoms with Gasteiger partial charge in [0.2, 0.25) is 5.75 Å². The van der Waals surface area contributed by atoms with Gasteiger partial charge in [0.05, 0.1) is 38.8 Å². The molecule has 0 saturated heterocycles. The Bertz CT molecular complexity index is 1020. The van der Waals surface area contributed by atoms with E-state index in [1.807, 2.05) is 49.5 Å². The first-order chi connectivity index (χ1) is 15.0. The van der Waals surface area contributed by atoms with E-state index in [4.69, 9.17) is 18.9 Å². The van der Waals surface area contributed by atoms with E-state index >= 15 is 0 Å². The lowest BCUT2D eigenvalue weighted by atomic mass is 10.2. The van der Waals surface area contributed by atoms with Gasteiger partial charge < -0.3 is 18.9 Å². The van der Waals surface area contributed by atoms with Crippen molar-refractivity contribution in [2.75, 3.05) is 33.4 Å². The van der Waals surface area contributed by atoms with Crippen LogP contribution in [0.5, 0.6) is 23.0 Å². The summed E-state index contributed by atoms with van der Waals surface area (Å²) < 4.78 is 21.3. The van der Waals surface area contributed by atoms with Crippen molar-refractivity contribution >= 4 is 17.9 Å². The molecule has 0 unspecified atom stereocenters. The van der Waals surface area contributed by atoms with Crippen molar-refractivity contribution in [2.24, 2.45) is 5.10 Å². The molecule has 160 valence electrons. The Kier molecular flexibility index (Phi) is 7.11. The molecule has 0 aliphatic rings. The normalized spacial score (nSPS) is 10.6. The molecule has 0 aromatic heterocycles. The number of anilines is 1. The van der Waals surface area contributed by atoms with Gasteiger partial charge in [-0.15, -0.1) is 0 Å². The number of para-hydroxylation sites is 1. The third-order valence-electron chi connectivity index (χ3n) is 4.50. The topological polar surface area (TPSA) is 69.6 Å².